The number of hydrogen-bond donors (Lipinski definition) is 1. The molecule has 0 radical (unpaired) electrons. The Morgan fingerprint density at radius 1 is 1.29 bits per heavy atom. The van der Waals surface area contributed by atoms with E-state index in [9.17, 15) is 9.90 Å². The molecule has 2 rings (SSSR count). The molecule has 0 heterocycles. The molecule has 0 aromatic heterocycles. The molecule has 2 aliphatic carbocycles. The van der Waals surface area contributed by atoms with Gasteiger partial charge < -0.3 is 5.11 Å². The minimum Gasteiger partial charge on any atom is -0.393 e. The lowest BCUT2D eigenvalue weighted by Gasteiger charge is -2.47. The fourth-order valence-electron chi connectivity index (χ4n) is 3.64. The van der Waals surface area contributed by atoms with Gasteiger partial charge in [-0.3, -0.25) is 4.79 Å². The van der Waals surface area contributed by atoms with Gasteiger partial charge in [-0.2, -0.15) is 0 Å². The molecule has 2 nitrogen and oxygen atoms in total. The monoisotopic (exact) mass is 196 g/mol. The number of ketones is 1. The Bertz CT molecular complexity index is 269. The zero-order valence-corrected chi connectivity index (χ0v) is 9.34. The summed E-state index contributed by atoms with van der Waals surface area (Å²) in [7, 11) is 0. The Hall–Kier alpha value is -0.370. The third-order valence-corrected chi connectivity index (χ3v) is 4.77. The highest BCUT2D eigenvalue weighted by atomic mass is 16.3. The molecular weight excluding hydrogens is 176 g/mol. The number of carbonyl (C=O) groups excluding carboxylic acids is 1. The molecule has 0 amide bonds. The molecule has 2 aliphatic rings. The van der Waals surface area contributed by atoms with Gasteiger partial charge in [-0.1, -0.05) is 20.8 Å². The number of hydrogen-bond acceptors (Lipinski definition) is 2. The molecule has 3 unspecified atom stereocenters. The van der Waals surface area contributed by atoms with E-state index in [4.69, 9.17) is 0 Å². The predicted molar refractivity (Wildman–Crippen MR) is 54.9 cm³/mol. The van der Waals surface area contributed by atoms with E-state index in [-0.39, 0.29) is 16.9 Å². The molecule has 0 bridgehead atoms. The fourth-order valence-corrected chi connectivity index (χ4v) is 3.64. The first-order valence-electron chi connectivity index (χ1n) is 5.60. The van der Waals surface area contributed by atoms with Gasteiger partial charge in [0, 0.05) is 11.8 Å². The van der Waals surface area contributed by atoms with Crippen LogP contribution in [0.2, 0.25) is 0 Å². The third kappa shape index (κ3) is 1.10. The minimum atomic E-state index is -0.218. The maximum atomic E-state index is 11.8. The van der Waals surface area contributed by atoms with Crippen molar-refractivity contribution in [2.45, 2.75) is 52.6 Å². The molecule has 14 heavy (non-hydrogen) atoms. The first-order valence-corrected chi connectivity index (χ1v) is 5.60. The van der Waals surface area contributed by atoms with Crippen LogP contribution in [0.3, 0.4) is 0 Å². The predicted octanol–water partition coefficient (Wildman–Crippen LogP) is 2.15. The summed E-state index contributed by atoms with van der Waals surface area (Å²) in [5.41, 5.74) is -0.220. The van der Waals surface area contributed by atoms with E-state index < -0.39 is 0 Å². The van der Waals surface area contributed by atoms with E-state index in [1.54, 1.807) is 0 Å². The van der Waals surface area contributed by atoms with Gasteiger partial charge in [-0.05, 0) is 30.6 Å². The summed E-state index contributed by atoms with van der Waals surface area (Å²) >= 11 is 0. The van der Waals surface area contributed by atoms with Gasteiger partial charge in [0.25, 0.3) is 0 Å². The Labute approximate surface area is 85.7 Å². The molecule has 2 heteroatoms. The summed E-state index contributed by atoms with van der Waals surface area (Å²) in [6.07, 6.45) is 3.21. The zero-order chi connectivity index (χ0) is 10.6. The first kappa shape index (κ1) is 10.2. The number of aliphatic hydroxyl groups is 1. The second-order valence-corrected chi connectivity index (χ2v) is 5.80. The molecule has 0 spiro atoms. The summed E-state index contributed by atoms with van der Waals surface area (Å²) in [6.45, 7) is 6.26. The van der Waals surface area contributed by atoms with E-state index in [2.05, 4.69) is 20.8 Å². The largest absolute Gasteiger partial charge is 0.393 e. The van der Waals surface area contributed by atoms with Gasteiger partial charge in [0.1, 0.15) is 5.78 Å². The zero-order valence-electron chi connectivity index (χ0n) is 9.34. The first-order chi connectivity index (χ1) is 6.39. The summed E-state index contributed by atoms with van der Waals surface area (Å²) < 4.78 is 0. The van der Waals surface area contributed by atoms with Crippen LogP contribution in [-0.2, 0) is 4.79 Å². The van der Waals surface area contributed by atoms with Crippen molar-refractivity contribution < 1.29 is 9.90 Å². The maximum absolute atomic E-state index is 11.8. The molecule has 80 valence electrons. The number of fused-ring (bicyclic) bond motifs is 1. The molecular formula is C12H20O2. The standard InChI is InChI=1S/C12H20O2/c1-11(2)8-4-5-10(14)12(8,3)7-6-9(11)13/h8,10,14H,4-7H2,1-3H3. The average molecular weight is 196 g/mol. The maximum Gasteiger partial charge on any atom is 0.138 e. The van der Waals surface area contributed by atoms with Crippen molar-refractivity contribution in [2.75, 3.05) is 0 Å². The number of rotatable bonds is 0. The molecule has 2 saturated carbocycles. The van der Waals surface area contributed by atoms with E-state index in [0.717, 1.165) is 19.3 Å². The van der Waals surface area contributed by atoms with Crippen molar-refractivity contribution in [3.8, 4) is 0 Å². The summed E-state index contributed by atoms with van der Waals surface area (Å²) in [6, 6.07) is 0. The van der Waals surface area contributed by atoms with E-state index in [0.29, 0.717) is 18.1 Å². The van der Waals surface area contributed by atoms with Crippen LogP contribution in [0, 0.1) is 16.7 Å². The average Bonchev–Trinajstić information content (AvgIpc) is 2.39. The second kappa shape index (κ2) is 2.82. The van der Waals surface area contributed by atoms with Crippen LogP contribution >= 0.6 is 0 Å². The second-order valence-electron chi connectivity index (χ2n) is 5.80. The van der Waals surface area contributed by atoms with Gasteiger partial charge in [0.15, 0.2) is 0 Å². The van der Waals surface area contributed by atoms with Crippen molar-refractivity contribution in [3.63, 3.8) is 0 Å². The van der Waals surface area contributed by atoms with Crippen molar-refractivity contribution in [3.05, 3.63) is 0 Å². The lowest BCUT2D eigenvalue weighted by molar-refractivity contribution is -0.141. The highest BCUT2D eigenvalue weighted by molar-refractivity contribution is 5.85. The number of carbonyl (C=O) groups is 1. The lowest BCUT2D eigenvalue weighted by Crippen LogP contribution is -2.48. The van der Waals surface area contributed by atoms with Crippen molar-refractivity contribution >= 4 is 5.78 Å². The van der Waals surface area contributed by atoms with Crippen LogP contribution in [0.5, 0.6) is 0 Å². The topological polar surface area (TPSA) is 37.3 Å². The molecule has 2 fully saturated rings. The lowest BCUT2D eigenvalue weighted by atomic mass is 9.57. The Kier molecular flexibility index (Phi) is 2.04. The summed E-state index contributed by atoms with van der Waals surface area (Å²) in [5.74, 6) is 0.764. The Balaban J connectivity index is 2.36. The Morgan fingerprint density at radius 3 is 2.57 bits per heavy atom. The van der Waals surface area contributed by atoms with Crippen LogP contribution in [0.25, 0.3) is 0 Å². The van der Waals surface area contributed by atoms with E-state index in [1.165, 1.54) is 0 Å². The molecule has 1 N–H and O–H groups in total. The quantitative estimate of drug-likeness (QED) is 0.644. The molecule has 0 saturated heterocycles. The normalized spacial score (nSPS) is 46.4. The molecule has 3 atom stereocenters. The minimum absolute atomic E-state index is 0.00257. The summed E-state index contributed by atoms with van der Waals surface area (Å²) in [4.78, 5) is 11.8. The van der Waals surface area contributed by atoms with Gasteiger partial charge in [0.05, 0.1) is 6.10 Å². The van der Waals surface area contributed by atoms with Crippen LogP contribution in [-0.4, -0.2) is 17.0 Å². The summed E-state index contributed by atoms with van der Waals surface area (Å²) in [5, 5.41) is 9.99. The van der Waals surface area contributed by atoms with E-state index >= 15 is 0 Å². The molecule has 0 aromatic rings. The molecule has 0 aliphatic heterocycles. The van der Waals surface area contributed by atoms with Crippen molar-refractivity contribution in [1.29, 1.82) is 0 Å². The van der Waals surface area contributed by atoms with Gasteiger partial charge in [-0.25, -0.2) is 0 Å². The number of aliphatic hydroxyl groups excluding tert-OH is 1. The number of Topliss-reactive ketones (excluding diaryl/α,β-unsaturated/α-hetero) is 1. The van der Waals surface area contributed by atoms with Crippen LogP contribution in [0.1, 0.15) is 46.5 Å². The third-order valence-electron chi connectivity index (χ3n) is 4.77. The van der Waals surface area contributed by atoms with Gasteiger partial charge in [0.2, 0.25) is 0 Å². The van der Waals surface area contributed by atoms with Gasteiger partial charge >= 0.3 is 0 Å². The van der Waals surface area contributed by atoms with Crippen LogP contribution in [0.4, 0.5) is 0 Å². The van der Waals surface area contributed by atoms with Crippen molar-refractivity contribution in [1.82, 2.24) is 0 Å². The highest BCUT2D eigenvalue weighted by Crippen LogP contribution is 2.57. The van der Waals surface area contributed by atoms with E-state index in [1.807, 2.05) is 0 Å². The van der Waals surface area contributed by atoms with Crippen LogP contribution in [0.15, 0.2) is 0 Å². The van der Waals surface area contributed by atoms with Gasteiger partial charge in [-0.15, -0.1) is 0 Å². The smallest absolute Gasteiger partial charge is 0.138 e. The highest BCUT2D eigenvalue weighted by Gasteiger charge is 2.56. The van der Waals surface area contributed by atoms with Crippen molar-refractivity contribution in [2.24, 2.45) is 16.7 Å². The van der Waals surface area contributed by atoms with Crippen LogP contribution < -0.4 is 0 Å². The fraction of sp³-hybridized carbons (Fsp3) is 0.917. The Morgan fingerprint density at radius 2 is 1.93 bits per heavy atom. The molecule has 0 aromatic carbocycles. The SMILES string of the molecule is CC1(C)C(=O)CCC2(C)C(O)CCC12.